The average Bonchev–Trinajstić information content (AvgIpc) is 2.55. The molecule has 126 valence electrons. The van der Waals surface area contributed by atoms with Crippen LogP contribution in [0.3, 0.4) is 0 Å². The van der Waals surface area contributed by atoms with Crippen LogP contribution in [0.4, 0.5) is 0 Å². The number of rotatable bonds is 6. The van der Waals surface area contributed by atoms with Crippen molar-refractivity contribution in [2.24, 2.45) is 4.99 Å². The van der Waals surface area contributed by atoms with Gasteiger partial charge in [-0.15, -0.1) is 0 Å². The van der Waals surface area contributed by atoms with E-state index in [1.807, 2.05) is 0 Å². The van der Waals surface area contributed by atoms with E-state index in [1.54, 1.807) is 18.2 Å². The van der Waals surface area contributed by atoms with Crippen molar-refractivity contribution >= 4 is 22.3 Å². The van der Waals surface area contributed by atoms with Gasteiger partial charge in [0.2, 0.25) is 0 Å². The summed E-state index contributed by atoms with van der Waals surface area (Å²) < 4.78 is 38.3. The molecule has 0 aliphatic heterocycles. The molecule has 1 N–H and O–H groups in total. The first-order valence-corrected chi connectivity index (χ1v) is 8.30. The van der Waals surface area contributed by atoms with E-state index in [0.717, 1.165) is 6.07 Å². The molecule has 0 fully saturated rings. The second-order valence-corrected chi connectivity index (χ2v) is 6.03. The topological polar surface area (TPSA) is 116 Å². The maximum atomic E-state index is 11.9. The molecule has 25 heavy (non-hydrogen) atoms. The molecule has 9 heteroatoms. The molecule has 2 rings (SSSR count). The predicted molar refractivity (Wildman–Crippen MR) is 85.3 cm³/mol. The fraction of sp³-hybridized carbons (Fsp3) is 0.125. The van der Waals surface area contributed by atoms with Crippen molar-refractivity contribution < 1.29 is 57.2 Å². The van der Waals surface area contributed by atoms with E-state index in [9.17, 15) is 22.9 Å². The summed E-state index contributed by atoms with van der Waals surface area (Å²) in [5.41, 5.74) is 0.212. The fourth-order valence-electron chi connectivity index (χ4n) is 1.88. The van der Waals surface area contributed by atoms with Crippen molar-refractivity contribution in [3.8, 4) is 5.75 Å². The zero-order valence-corrected chi connectivity index (χ0v) is 16.3. The van der Waals surface area contributed by atoms with Gasteiger partial charge in [-0.25, -0.2) is 13.2 Å². The molecule has 0 aliphatic rings. The van der Waals surface area contributed by atoms with Gasteiger partial charge in [0.25, 0.3) is 0 Å². The Hall–Kier alpha value is -1.71. The number of benzene rings is 2. The number of aromatic hydroxyl groups is 1. The quantitative estimate of drug-likeness (QED) is 0.219. The van der Waals surface area contributed by atoms with Crippen LogP contribution in [0.15, 0.2) is 58.4 Å². The van der Waals surface area contributed by atoms with E-state index in [2.05, 4.69) is 4.99 Å². The van der Waals surface area contributed by atoms with Crippen molar-refractivity contribution in [1.29, 1.82) is 0 Å². The van der Waals surface area contributed by atoms with Crippen molar-refractivity contribution in [3.63, 3.8) is 0 Å². The van der Waals surface area contributed by atoms with Crippen molar-refractivity contribution in [1.82, 2.24) is 0 Å². The van der Waals surface area contributed by atoms with Gasteiger partial charge in [-0.05, 0) is 24.3 Å². The van der Waals surface area contributed by atoms with Gasteiger partial charge in [0.15, 0.2) is 0 Å². The summed E-state index contributed by atoms with van der Waals surface area (Å²) in [6.45, 7) is 0.0164. The largest absolute Gasteiger partial charge is 1.00 e. The summed E-state index contributed by atoms with van der Waals surface area (Å²) in [4.78, 5) is 15.3. The van der Waals surface area contributed by atoms with Crippen LogP contribution in [-0.4, -0.2) is 43.4 Å². The van der Waals surface area contributed by atoms with Gasteiger partial charge in [0.1, 0.15) is 22.5 Å². The minimum absolute atomic E-state index is 0. The third-order valence-corrected chi connectivity index (χ3v) is 3.89. The Labute approximate surface area is 167 Å². The second kappa shape index (κ2) is 9.69. The number of nitrogens with zero attached hydrogens (tertiary/aromatic N) is 1. The number of hydrogen-bond donors (Lipinski definition) is 1. The summed E-state index contributed by atoms with van der Waals surface area (Å²) >= 11 is 0. The van der Waals surface area contributed by atoms with Crippen LogP contribution in [0.2, 0.25) is 0 Å². The van der Waals surface area contributed by atoms with Crippen molar-refractivity contribution in [3.05, 3.63) is 59.7 Å². The molecule has 0 spiro atoms. The minimum atomic E-state index is -4.76. The first-order valence-electron chi connectivity index (χ1n) is 6.89. The molecule has 0 unspecified atom stereocenters. The number of carbonyl (C=O) groups excluding carboxylic acids is 1. The van der Waals surface area contributed by atoms with Crippen LogP contribution < -0.4 is 29.6 Å². The molecule has 0 bridgehead atoms. The molecule has 0 heterocycles. The van der Waals surface area contributed by atoms with E-state index < -0.39 is 21.0 Å². The molecule has 0 aromatic heterocycles. The Morgan fingerprint density at radius 3 is 2.48 bits per heavy atom. The van der Waals surface area contributed by atoms with Gasteiger partial charge in [0.05, 0.1) is 17.0 Å². The normalized spacial score (nSPS) is 11.1. The number of esters is 1. The molecule has 0 radical (unpaired) electrons. The predicted octanol–water partition coefficient (Wildman–Crippen LogP) is -1.42. The fourth-order valence-corrected chi connectivity index (χ4v) is 2.55. The van der Waals surface area contributed by atoms with E-state index >= 15 is 0 Å². The van der Waals surface area contributed by atoms with Gasteiger partial charge in [-0.1, -0.05) is 24.3 Å². The second-order valence-electron chi connectivity index (χ2n) is 4.68. The third kappa shape index (κ3) is 6.26. The van der Waals surface area contributed by atoms with Gasteiger partial charge in [-0.2, -0.15) is 0 Å². The maximum absolute atomic E-state index is 11.9. The molecule has 2 aromatic rings. The molecule has 0 aliphatic carbocycles. The molecule has 0 saturated carbocycles. The van der Waals surface area contributed by atoms with Crippen LogP contribution in [0.25, 0.3) is 0 Å². The van der Waals surface area contributed by atoms with E-state index in [0.29, 0.717) is 5.56 Å². The molecule has 0 saturated heterocycles. The van der Waals surface area contributed by atoms with Crippen LogP contribution in [0.5, 0.6) is 5.75 Å². The Kier molecular flexibility index (Phi) is 8.27. The first kappa shape index (κ1) is 21.3. The van der Waals surface area contributed by atoms with Crippen LogP contribution in [-0.2, 0) is 14.9 Å². The number of hydrogen-bond acceptors (Lipinski definition) is 7. The molecule has 2 aromatic carbocycles. The monoisotopic (exact) mass is 371 g/mol. The summed E-state index contributed by atoms with van der Waals surface area (Å²) in [7, 11) is -4.76. The number of phenolic OH excluding ortho intramolecular Hbond substituents is 1. The standard InChI is InChI=1S/C16H15NO6S.Na/c18-14-7-3-1-5-12(14)11-17-9-10-23-16(19)13-6-2-4-8-15(13)24(20,21)22;/h1-8,11,18H,9-10H2,(H,20,21,22);/q;+1/p-1. The zero-order valence-electron chi connectivity index (χ0n) is 13.5. The molecule has 7 nitrogen and oxygen atoms in total. The third-order valence-electron chi connectivity index (χ3n) is 3.00. The van der Waals surface area contributed by atoms with Crippen LogP contribution in [0, 0.1) is 0 Å². The maximum Gasteiger partial charge on any atom is 1.00 e. The number of carbonyl (C=O) groups is 1. The smallest absolute Gasteiger partial charge is 0.744 e. The van der Waals surface area contributed by atoms with Gasteiger partial charge in [0, 0.05) is 11.8 Å². The Bertz CT molecular complexity index is 866. The van der Waals surface area contributed by atoms with Crippen molar-refractivity contribution in [2.75, 3.05) is 13.2 Å². The summed E-state index contributed by atoms with van der Waals surface area (Å²) in [6, 6.07) is 11.6. The number of ether oxygens (including phenoxy) is 1. The summed E-state index contributed by atoms with van der Waals surface area (Å²) in [5.74, 6) is -0.837. The van der Waals surface area contributed by atoms with E-state index in [1.165, 1.54) is 30.5 Å². The molecular formula is C16H14NNaO6S. The number of aliphatic imine (C=N–C) groups is 1. The van der Waals surface area contributed by atoms with Crippen LogP contribution >= 0.6 is 0 Å². The Morgan fingerprint density at radius 1 is 1.16 bits per heavy atom. The van der Waals surface area contributed by atoms with Crippen LogP contribution in [0.1, 0.15) is 15.9 Å². The molecular weight excluding hydrogens is 357 g/mol. The number of para-hydroxylation sites is 1. The van der Waals surface area contributed by atoms with Gasteiger partial charge < -0.3 is 14.4 Å². The Balaban J connectivity index is 0.00000312. The average molecular weight is 371 g/mol. The van der Waals surface area contributed by atoms with Gasteiger partial charge >= 0.3 is 35.5 Å². The first-order chi connectivity index (χ1) is 11.4. The van der Waals surface area contributed by atoms with E-state index in [4.69, 9.17) is 4.74 Å². The Morgan fingerprint density at radius 2 is 1.80 bits per heavy atom. The number of phenols is 1. The molecule has 0 atom stereocenters. The molecule has 0 amide bonds. The SMILES string of the molecule is O=C(OCCN=Cc1ccccc1O)c1ccccc1S(=O)(=O)[O-].[Na+]. The zero-order chi connectivity index (χ0) is 17.6. The van der Waals surface area contributed by atoms with Crippen molar-refractivity contribution in [2.45, 2.75) is 4.90 Å². The van der Waals surface area contributed by atoms with Gasteiger partial charge in [-0.3, -0.25) is 4.99 Å². The summed E-state index contributed by atoms with van der Waals surface area (Å²) in [6.07, 6.45) is 1.43. The minimum Gasteiger partial charge on any atom is -0.744 e. The summed E-state index contributed by atoms with van der Waals surface area (Å²) in [5, 5.41) is 9.55. The van der Waals surface area contributed by atoms with E-state index in [-0.39, 0.29) is 54.0 Å².